The van der Waals surface area contributed by atoms with E-state index >= 15 is 0 Å². The number of nitrogens with zero attached hydrogens (tertiary/aromatic N) is 3. The average molecular weight is 402 g/mol. The number of para-hydroxylation sites is 1. The highest BCUT2D eigenvalue weighted by molar-refractivity contribution is 5.96. The van der Waals surface area contributed by atoms with Gasteiger partial charge in [-0.1, -0.05) is 18.2 Å². The van der Waals surface area contributed by atoms with Gasteiger partial charge in [-0.15, -0.1) is 0 Å². The van der Waals surface area contributed by atoms with Crippen LogP contribution in [0.4, 0.5) is 0 Å². The summed E-state index contributed by atoms with van der Waals surface area (Å²) in [6.45, 7) is 0.593. The summed E-state index contributed by atoms with van der Waals surface area (Å²) >= 11 is 0. The number of carbonyl (C=O) groups excluding carboxylic acids is 1. The van der Waals surface area contributed by atoms with Crippen LogP contribution in [-0.4, -0.2) is 27.2 Å². The van der Waals surface area contributed by atoms with Crippen molar-refractivity contribution in [3.05, 3.63) is 93.3 Å². The van der Waals surface area contributed by atoms with Gasteiger partial charge >= 0.3 is 5.63 Å². The minimum Gasteiger partial charge on any atom is -0.422 e. The number of hydrogen-bond donors (Lipinski definition) is 1. The maximum absolute atomic E-state index is 12.4. The second-order valence-corrected chi connectivity index (χ2v) is 6.62. The summed E-state index contributed by atoms with van der Waals surface area (Å²) in [6.07, 6.45) is 3.80. The lowest BCUT2D eigenvalue weighted by atomic mass is 10.2. The molecule has 0 unspecified atom stereocenters. The van der Waals surface area contributed by atoms with Crippen LogP contribution in [0.3, 0.4) is 0 Å². The average Bonchev–Trinajstić information content (AvgIpc) is 2.77. The summed E-state index contributed by atoms with van der Waals surface area (Å²) in [4.78, 5) is 40.5. The maximum Gasteiger partial charge on any atom is 0.349 e. The number of amides is 1. The van der Waals surface area contributed by atoms with Crippen molar-refractivity contribution in [3.63, 3.8) is 0 Å². The molecule has 8 nitrogen and oxygen atoms in total. The number of rotatable bonds is 6. The van der Waals surface area contributed by atoms with Crippen LogP contribution in [0.25, 0.3) is 22.2 Å². The first-order valence-electron chi connectivity index (χ1n) is 9.41. The number of carbonyl (C=O) groups is 1. The Kier molecular flexibility index (Phi) is 5.47. The lowest BCUT2D eigenvalue weighted by molar-refractivity contribution is 0.0949. The van der Waals surface area contributed by atoms with Crippen molar-refractivity contribution in [1.29, 1.82) is 0 Å². The lowest BCUT2D eigenvalue weighted by Crippen LogP contribution is -2.30. The zero-order valence-electron chi connectivity index (χ0n) is 15.9. The van der Waals surface area contributed by atoms with Crippen molar-refractivity contribution >= 4 is 16.9 Å². The van der Waals surface area contributed by atoms with E-state index in [1.807, 2.05) is 6.07 Å². The van der Waals surface area contributed by atoms with E-state index in [1.54, 1.807) is 48.8 Å². The van der Waals surface area contributed by atoms with Crippen molar-refractivity contribution in [3.8, 4) is 11.3 Å². The molecule has 1 aromatic carbocycles. The molecule has 8 heteroatoms. The molecular formula is C22H18N4O4. The molecule has 0 aliphatic rings. The summed E-state index contributed by atoms with van der Waals surface area (Å²) in [5.74, 6) is -0.515. The van der Waals surface area contributed by atoms with Crippen LogP contribution >= 0.6 is 0 Å². The van der Waals surface area contributed by atoms with Gasteiger partial charge in [0, 0.05) is 42.5 Å². The number of aryl methyl sites for hydroxylation is 1. The third kappa shape index (κ3) is 4.17. The molecule has 1 N–H and O–H groups in total. The Balaban J connectivity index is 1.40. The van der Waals surface area contributed by atoms with E-state index in [-0.39, 0.29) is 17.7 Å². The van der Waals surface area contributed by atoms with Gasteiger partial charge < -0.3 is 9.73 Å². The predicted molar refractivity (Wildman–Crippen MR) is 111 cm³/mol. The Morgan fingerprint density at radius 2 is 1.93 bits per heavy atom. The fourth-order valence-electron chi connectivity index (χ4n) is 3.02. The van der Waals surface area contributed by atoms with Gasteiger partial charge in [0.1, 0.15) is 11.1 Å². The smallest absolute Gasteiger partial charge is 0.349 e. The summed E-state index contributed by atoms with van der Waals surface area (Å²) in [5, 5.41) is 7.71. The molecule has 0 saturated heterocycles. The Hall–Kier alpha value is -4.07. The molecule has 0 radical (unpaired) electrons. The number of benzene rings is 1. The molecule has 150 valence electrons. The molecule has 0 atom stereocenters. The van der Waals surface area contributed by atoms with E-state index in [0.29, 0.717) is 29.6 Å². The second-order valence-electron chi connectivity index (χ2n) is 6.62. The Labute approximate surface area is 170 Å². The van der Waals surface area contributed by atoms with Crippen LogP contribution in [0.5, 0.6) is 0 Å². The third-order valence-corrected chi connectivity index (χ3v) is 4.54. The van der Waals surface area contributed by atoms with Crippen molar-refractivity contribution in [1.82, 2.24) is 20.1 Å². The molecule has 0 spiro atoms. The third-order valence-electron chi connectivity index (χ3n) is 4.54. The van der Waals surface area contributed by atoms with E-state index in [0.717, 1.165) is 5.56 Å². The van der Waals surface area contributed by atoms with Crippen LogP contribution in [0.15, 0.2) is 81.0 Å². The molecule has 1 amide bonds. The minimum absolute atomic E-state index is 0.0532. The molecule has 30 heavy (non-hydrogen) atoms. The highest BCUT2D eigenvalue weighted by atomic mass is 16.4. The van der Waals surface area contributed by atoms with Gasteiger partial charge in [0.2, 0.25) is 0 Å². The molecule has 0 bridgehead atoms. The van der Waals surface area contributed by atoms with Gasteiger partial charge in [0.25, 0.3) is 11.5 Å². The van der Waals surface area contributed by atoms with Crippen molar-refractivity contribution in [2.45, 2.75) is 13.0 Å². The van der Waals surface area contributed by atoms with E-state index in [2.05, 4.69) is 15.4 Å². The minimum atomic E-state index is -0.687. The van der Waals surface area contributed by atoms with Gasteiger partial charge in [-0.25, -0.2) is 9.48 Å². The molecule has 3 aromatic heterocycles. The largest absolute Gasteiger partial charge is 0.422 e. The Morgan fingerprint density at radius 3 is 2.77 bits per heavy atom. The molecule has 0 saturated carbocycles. The molecule has 4 rings (SSSR count). The van der Waals surface area contributed by atoms with Crippen molar-refractivity contribution < 1.29 is 9.21 Å². The Morgan fingerprint density at radius 1 is 1.07 bits per heavy atom. The monoisotopic (exact) mass is 402 g/mol. The van der Waals surface area contributed by atoms with Crippen LogP contribution in [0.2, 0.25) is 0 Å². The normalized spacial score (nSPS) is 10.8. The first kappa shape index (κ1) is 19.3. The van der Waals surface area contributed by atoms with E-state index in [9.17, 15) is 14.4 Å². The zero-order valence-corrected chi connectivity index (χ0v) is 15.9. The molecule has 0 aliphatic carbocycles. The number of hydrogen-bond acceptors (Lipinski definition) is 6. The maximum atomic E-state index is 12.4. The van der Waals surface area contributed by atoms with Gasteiger partial charge in [0.15, 0.2) is 0 Å². The highest BCUT2D eigenvalue weighted by Gasteiger charge is 2.13. The zero-order chi connectivity index (χ0) is 20.9. The number of nitrogens with one attached hydrogen (secondary N) is 1. The van der Waals surface area contributed by atoms with Crippen molar-refractivity contribution in [2.75, 3.05) is 6.54 Å². The summed E-state index contributed by atoms with van der Waals surface area (Å²) < 4.78 is 6.53. The topological polar surface area (TPSA) is 107 Å². The van der Waals surface area contributed by atoms with E-state index in [1.165, 1.54) is 16.8 Å². The highest BCUT2D eigenvalue weighted by Crippen LogP contribution is 2.13. The van der Waals surface area contributed by atoms with Crippen LogP contribution < -0.4 is 16.5 Å². The molecule has 0 aliphatic heterocycles. The molecule has 0 fully saturated rings. The second kappa shape index (κ2) is 8.52. The quantitative estimate of drug-likeness (QED) is 0.391. The van der Waals surface area contributed by atoms with Gasteiger partial charge in [-0.05, 0) is 36.8 Å². The summed E-state index contributed by atoms with van der Waals surface area (Å²) in [5.41, 5.74) is 0.904. The Bertz CT molecular complexity index is 1310. The summed E-state index contributed by atoms with van der Waals surface area (Å²) in [6, 6.07) is 15.3. The molecular weight excluding hydrogens is 384 g/mol. The first-order chi connectivity index (χ1) is 14.6. The SMILES string of the molecule is O=C(NCCCn1nc(-c2cccnc2)ccc1=O)c1cc2ccccc2oc1=O. The molecule has 4 aromatic rings. The number of aromatic nitrogens is 3. The standard InChI is InChI=1S/C22H18N4O4/c27-20-9-8-18(16-6-3-10-23-14-16)25-26(20)12-4-11-24-21(28)17-13-15-5-1-2-7-19(15)30-22(17)29/h1-3,5-10,13-14H,4,11-12H2,(H,24,28). The van der Waals surface area contributed by atoms with E-state index in [4.69, 9.17) is 4.42 Å². The fourth-order valence-corrected chi connectivity index (χ4v) is 3.02. The van der Waals surface area contributed by atoms with E-state index < -0.39 is 11.5 Å². The van der Waals surface area contributed by atoms with Crippen molar-refractivity contribution in [2.24, 2.45) is 0 Å². The van der Waals surface area contributed by atoms with Crippen LogP contribution in [-0.2, 0) is 6.54 Å². The van der Waals surface area contributed by atoms with Gasteiger partial charge in [-0.3, -0.25) is 14.6 Å². The molecule has 3 heterocycles. The fraction of sp³-hybridized carbons (Fsp3) is 0.136. The number of pyridine rings is 1. The predicted octanol–water partition coefficient (Wildman–Crippen LogP) is 2.23. The van der Waals surface area contributed by atoms with Gasteiger partial charge in [0.05, 0.1) is 5.69 Å². The van der Waals surface area contributed by atoms with Crippen LogP contribution in [0.1, 0.15) is 16.8 Å². The lowest BCUT2D eigenvalue weighted by Gasteiger charge is -2.08. The number of fused-ring (bicyclic) bond motifs is 1. The van der Waals surface area contributed by atoms with Gasteiger partial charge in [-0.2, -0.15) is 5.10 Å². The van der Waals surface area contributed by atoms with Crippen LogP contribution in [0, 0.1) is 0 Å². The first-order valence-corrected chi connectivity index (χ1v) is 9.41. The summed E-state index contributed by atoms with van der Waals surface area (Å²) in [7, 11) is 0.